The molecule has 3 rings (SSSR count). The fraction of sp³-hybridized carbons (Fsp3) is 0.118. The van der Waals surface area contributed by atoms with Gasteiger partial charge < -0.3 is 5.32 Å². The van der Waals surface area contributed by atoms with Crippen molar-refractivity contribution in [1.29, 1.82) is 0 Å². The third kappa shape index (κ3) is 2.75. The molecular formula is C17H15ClN2. The number of hydrogen-bond acceptors (Lipinski definition) is 2. The van der Waals surface area contributed by atoms with Crippen LogP contribution in [0.5, 0.6) is 0 Å². The van der Waals surface area contributed by atoms with Crippen molar-refractivity contribution in [3.63, 3.8) is 0 Å². The summed E-state index contributed by atoms with van der Waals surface area (Å²) < 4.78 is 0. The number of hydrogen-bond donors (Lipinski definition) is 1. The summed E-state index contributed by atoms with van der Waals surface area (Å²) in [5.41, 5.74) is 4.15. The molecule has 0 bridgehead atoms. The second-order valence-electron chi connectivity index (χ2n) is 4.83. The number of aromatic nitrogens is 1. The summed E-state index contributed by atoms with van der Waals surface area (Å²) in [6, 6.07) is 18.2. The standard InChI is InChI=1S/C17H15ClN2/c1-12-6-9-15(18)17(10-12)19-11-14-8-7-13-4-2-3-5-16(13)20-14/h2-10,19H,11H2,1H3. The number of aryl methyl sites for hydroxylation is 1. The highest BCUT2D eigenvalue weighted by atomic mass is 35.5. The molecule has 0 fully saturated rings. The van der Waals surface area contributed by atoms with Crippen LogP contribution in [-0.4, -0.2) is 4.98 Å². The van der Waals surface area contributed by atoms with Crippen molar-refractivity contribution in [3.05, 3.63) is 70.9 Å². The Bertz CT molecular complexity index is 753. The van der Waals surface area contributed by atoms with E-state index in [-0.39, 0.29) is 0 Å². The summed E-state index contributed by atoms with van der Waals surface area (Å²) in [6.45, 7) is 2.71. The minimum Gasteiger partial charge on any atom is -0.378 e. The fourth-order valence-electron chi connectivity index (χ4n) is 2.17. The van der Waals surface area contributed by atoms with E-state index in [2.05, 4.69) is 29.4 Å². The minimum atomic E-state index is 0.661. The highest BCUT2D eigenvalue weighted by Gasteiger charge is 2.02. The first-order valence-corrected chi connectivity index (χ1v) is 6.95. The Labute approximate surface area is 123 Å². The molecule has 0 aliphatic heterocycles. The Kier molecular flexibility index (Phi) is 3.57. The van der Waals surface area contributed by atoms with Gasteiger partial charge in [0, 0.05) is 5.39 Å². The van der Waals surface area contributed by atoms with Crippen molar-refractivity contribution in [2.24, 2.45) is 0 Å². The van der Waals surface area contributed by atoms with Crippen molar-refractivity contribution in [1.82, 2.24) is 4.98 Å². The van der Waals surface area contributed by atoms with Gasteiger partial charge in [-0.25, -0.2) is 0 Å². The highest BCUT2D eigenvalue weighted by Crippen LogP contribution is 2.23. The molecule has 2 aromatic carbocycles. The zero-order valence-electron chi connectivity index (χ0n) is 11.2. The predicted octanol–water partition coefficient (Wildman–Crippen LogP) is 4.81. The van der Waals surface area contributed by atoms with Gasteiger partial charge in [-0.3, -0.25) is 4.98 Å². The second-order valence-corrected chi connectivity index (χ2v) is 5.24. The molecular weight excluding hydrogens is 268 g/mol. The Morgan fingerprint density at radius 3 is 2.80 bits per heavy atom. The van der Waals surface area contributed by atoms with E-state index in [9.17, 15) is 0 Å². The van der Waals surface area contributed by atoms with Gasteiger partial charge in [-0.05, 0) is 36.8 Å². The largest absolute Gasteiger partial charge is 0.378 e. The van der Waals surface area contributed by atoms with Crippen LogP contribution in [-0.2, 0) is 6.54 Å². The van der Waals surface area contributed by atoms with Crippen LogP contribution in [0.2, 0.25) is 5.02 Å². The molecule has 1 N–H and O–H groups in total. The number of nitrogens with one attached hydrogen (secondary N) is 1. The second kappa shape index (κ2) is 5.51. The summed E-state index contributed by atoms with van der Waals surface area (Å²) in [7, 11) is 0. The zero-order chi connectivity index (χ0) is 13.9. The molecule has 3 aromatic rings. The lowest BCUT2D eigenvalue weighted by Gasteiger charge is -2.09. The summed E-state index contributed by atoms with van der Waals surface area (Å²) in [5, 5.41) is 5.23. The van der Waals surface area contributed by atoms with Crippen molar-refractivity contribution in [2.75, 3.05) is 5.32 Å². The molecule has 1 heterocycles. The summed E-state index contributed by atoms with van der Waals surface area (Å²) in [6.07, 6.45) is 0. The van der Waals surface area contributed by atoms with Gasteiger partial charge in [-0.15, -0.1) is 0 Å². The molecule has 0 unspecified atom stereocenters. The molecule has 1 aromatic heterocycles. The number of pyridine rings is 1. The average molecular weight is 283 g/mol. The van der Waals surface area contributed by atoms with E-state index in [1.807, 2.05) is 42.5 Å². The van der Waals surface area contributed by atoms with Gasteiger partial charge in [0.05, 0.1) is 28.5 Å². The first-order valence-electron chi connectivity index (χ1n) is 6.57. The lowest BCUT2D eigenvalue weighted by molar-refractivity contribution is 1.07. The maximum atomic E-state index is 6.17. The molecule has 0 saturated heterocycles. The normalized spacial score (nSPS) is 10.7. The third-order valence-electron chi connectivity index (χ3n) is 3.24. The van der Waals surface area contributed by atoms with Crippen molar-refractivity contribution in [3.8, 4) is 0 Å². The number of rotatable bonds is 3. The first-order chi connectivity index (χ1) is 9.72. The molecule has 0 aliphatic carbocycles. The van der Waals surface area contributed by atoms with Crippen LogP contribution in [0.3, 0.4) is 0 Å². The maximum absolute atomic E-state index is 6.17. The molecule has 100 valence electrons. The van der Waals surface area contributed by atoms with Crippen molar-refractivity contribution >= 4 is 28.2 Å². The van der Waals surface area contributed by atoms with Crippen LogP contribution in [0.4, 0.5) is 5.69 Å². The number of anilines is 1. The molecule has 3 heteroatoms. The number of halogens is 1. The Balaban J connectivity index is 1.81. The van der Waals surface area contributed by atoms with Gasteiger partial charge in [0.25, 0.3) is 0 Å². The van der Waals surface area contributed by atoms with Gasteiger partial charge in [-0.1, -0.05) is 41.9 Å². The molecule has 2 nitrogen and oxygen atoms in total. The van der Waals surface area contributed by atoms with Crippen LogP contribution in [0.15, 0.2) is 54.6 Å². The number of nitrogens with zero attached hydrogens (tertiary/aromatic N) is 1. The van der Waals surface area contributed by atoms with Crippen LogP contribution in [0.25, 0.3) is 10.9 Å². The SMILES string of the molecule is Cc1ccc(Cl)c(NCc2ccc3ccccc3n2)c1. The van der Waals surface area contributed by atoms with Gasteiger partial charge in [-0.2, -0.15) is 0 Å². The lowest BCUT2D eigenvalue weighted by atomic mass is 10.2. The van der Waals surface area contributed by atoms with E-state index in [4.69, 9.17) is 11.6 Å². The molecule has 0 atom stereocenters. The Morgan fingerprint density at radius 1 is 1.05 bits per heavy atom. The van der Waals surface area contributed by atoms with E-state index >= 15 is 0 Å². The highest BCUT2D eigenvalue weighted by molar-refractivity contribution is 6.33. The van der Waals surface area contributed by atoms with E-state index in [1.54, 1.807) is 0 Å². The number of benzene rings is 2. The smallest absolute Gasteiger partial charge is 0.0706 e. The minimum absolute atomic E-state index is 0.661. The third-order valence-corrected chi connectivity index (χ3v) is 3.57. The summed E-state index contributed by atoms with van der Waals surface area (Å²) in [5.74, 6) is 0. The molecule has 0 radical (unpaired) electrons. The lowest BCUT2D eigenvalue weighted by Crippen LogP contribution is -2.02. The average Bonchev–Trinajstić information content (AvgIpc) is 2.48. The summed E-state index contributed by atoms with van der Waals surface area (Å²) in [4.78, 5) is 4.64. The molecule has 0 spiro atoms. The summed E-state index contributed by atoms with van der Waals surface area (Å²) >= 11 is 6.17. The van der Waals surface area contributed by atoms with Crippen LogP contribution < -0.4 is 5.32 Å². The van der Waals surface area contributed by atoms with E-state index in [1.165, 1.54) is 5.56 Å². The van der Waals surface area contributed by atoms with Gasteiger partial charge in [0.1, 0.15) is 0 Å². The van der Waals surface area contributed by atoms with Crippen molar-refractivity contribution in [2.45, 2.75) is 13.5 Å². The predicted molar refractivity (Wildman–Crippen MR) is 85.3 cm³/mol. The molecule has 0 aliphatic rings. The van der Waals surface area contributed by atoms with E-state index in [0.717, 1.165) is 27.3 Å². The Hall–Kier alpha value is -2.06. The molecule has 0 amide bonds. The quantitative estimate of drug-likeness (QED) is 0.746. The van der Waals surface area contributed by atoms with Gasteiger partial charge >= 0.3 is 0 Å². The van der Waals surface area contributed by atoms with Gasteiger partial charge in [0.2, 0.25) is 0 Å². The fourth-order valence-corrected chi connectivity index (χ4v) is 2.35. The van der Waals surface area contributed by atoms with Crippen molar-refractivity contribution < 1.29 is 0 Å². The van der Waals surface area contributed by atoms with Crippen LogP contribution in [0.1, 0.15) is 11.3 Å². The van der Waals surface area contributed by atoms with E-state index < -0.39 is 0 Å². The monoisotopic (exact) mass is 282 g/mol. The number of fused-ring (bicyclic) bond motifs is 1. The first kappa shape index (κ1) is 12.9. The molecule has 0 saturated carbocycles. The van der Waals surface area contributed by atoms with Crippen LogP contribution in [0, 0.1) is 6.92 Å². The topological polar surface area (TPSA) is 24.9 Å². The number of para-hydroxylation sites is 1. The van der Waals surface area contributed by atoms with Crippen LogP contribution >= 0.6 is 11.6 Å². The Morgan fingerprint density at radius 2 is 1.90 bits per heavy atom. The van der Waals surface area contributed by atoms with Gasteiger partial charge in [0.15, 0.2) is 0 Å². The maximum Gasteiger partial charge on any atom is 0.0706 e. The van der Waals surface area contributed by atoms with E-state index in [0.29, 0.717) is 6.54 Å². The zero-order valence-corrected chi connectivity index (χ0v) is 12.0. The molecule has 20 heavy (non-hydrogen) atoms.